The molecule has 21 heavy (non-hydrogen) atoms. The van der Waals surface area contributed by atoms with Gasteiger partial charge in [0.1, 0.15) is 6.04 Å². The van der Waals surface area contributed by atoms with E-state index in [0.29, 0.717) is 13.1 Å². The van der Waals surface area contributed by atoms with Gasteiger partial charge in [0.15, 0.2) is 0 Å². The Morgan fingerprint density at radius 2 is 2.10 bits per heavy atom. The SMILES string of the molecule is CC(=O)NC(C)C(=O)N1CCc2c([nH]c3ccccc23)C1. The summed E-state index contributed by atoms with van der Waals surface area (Å²) in [5.41, 5.74) is 3.53. The first kappa shape index (κ1) is 13.7. The van der Waals surface area contributed by atoms with E-state index in [-0.39, 0.29) is 11.8 Å². The number of rotatable bonds is 2. The van der Waals surface area contributed by atoms with E-state index in [0.717, 1.165) is 17.6 Å². The van der Waals surface area contributed by atoms with Crippen molar-refractivity contribution in [3.63, 3.8) is 0 Å². The smallest absolute Gasteiger partial charge is 0.245 e. The van der Waals surface area contributed by atoms with Crippen LogP contribution in [0.3, 0.4) is 0 Å². The van der Waals surface area contributed by atoms with Crippen molar-refractivity contribution in [1.29, 1.82) is 0 Å². The molecule has 0 saturated carbocycles. The van der Waals surface area contributed by atoms with Crippen LogP contribution < -0.4 is 5.32 Å². The molecule has 0 aliphatic carbocycles. The molecule has 0 radical (unpaired) electrons. The van der Waals surface area contributed by atoms with Crippen LogP contribution in [0.4, 0.5) is 0 Å². The van der Waals surface area contributed by atoms with Gasteiger partial charge in [0.05, 0.1) is 6.54 Å². The summed E-state index contributed by atoms with van der Waals surface area (Å²) in [4.78, 5) is 28.6. The fraction of sp³-hybridized carbons (Fsp3) is 0.375. The lowest BCUT2D eigenvalue weighted by molar-refractivity contribution is -0.136. The van der Waals surface area contributed by atoms with Crippen LogP contribution in [-0.4, -0.2) is 34.3 Å². The first-order valence-electron chi connectivity index (χ1n) is 7.20. The molecule has 2 aromatic rings. The van der Waals surface area contributed by atoms with E-state index >= 15 is 0 Å². The number of benzene rings is 1. The molecule has 1 atom stereocenters. The molecule has 1 aromatic heterocycles. The Labute approximate surface area is 123 Å². The summed E-state index contributed by atoms with van der Waals surface area (Å²) in [6.45, 7) is 4.42. The van der Waals surface area contributed by atoms with Gasteiger partial charge in [0.25, 0.3) is 0 Å². The third-order valence-electron chi connectivity index (χ3n) is 3.98. The standard InChI is InChI=1S/C16H19N3O2/c1-10(17-11(2)20)16(21)19-8-7-13-12-5-3-4-6-14(12)18-15(13)9-19/h3-6,10,18H,7-9H2,1-2H3,(H,17,20). The molecule has 2 heterocycles. The molecule has 1 unspecified atom stereocenters. The Hall–Kier alpha value is -2.30. The lowest BCUT2D eigenvalue weighted by Crippen LogP contribution is -2.47. The van der Waals surface area contributed by atoms with Crippen molar-refractivity contribution in [3.05, 3.63) is 35.5 Å². The number of H-pyrrole nitrogens is 1. The van der Waals surface area contributed by atoms with Crippen molar-refractivity contribution >= 4 is 22.7 Å². The number of carbonyl (C=O) groups is 2. The van der Waals surface area contributed by atoms with Gasteiger partial charge in [0, 0.05) is 30.1 Å². The van der Waals surface area contributed by atoms with Crippen molar-refractivity contribution in [2.24, 2.45) is 0 Å². The maximum absolute atomic E-state index is 12.4. The van der Waals surface area contributed by atoms with E-state index < -0.39 is 6.04 Å². The van der Waals surface area contributed by atoms with Crippen LogP contribution in [0.2, 0.25) is 0 Å². The highest BCUT2D eigenvalue weighted by atomic mass is 16.2. The second kappa shape index (κ2) is 5.24. The van der Waals surface area contributed by atoms with Gasteiger partial charge in [-0.05, 0) is 25.0 Å². The monoisotopic (exact) mass is 285 g/mol. The number of amides is 2. The molecule has 1 aliphatic heterocycles. The topological polar surface area (TPSA) is 65.2 Å². The fourth-order valence-corrected chi connectivity index (χ4v) is 3.02. The Morgan fingerprint density at radius 3 is 2.86 bits per heavy atom. The molecule has 2 N–H and O–H groups in total. The van der Waals surface area contributed by atoms with Crippen molar-refractivity contribution in [2.45, 2.75) is 32.9 Å². The van der Waals surface area contributed by atoms with Crippen LogP contribution >= 0.6 is 0 Å². The summed E-state index contributed by atoms with van der Waals surface area (Å²) < 4.78 is 0. The lowest BCUT2D eigenvalue weighted by Gasteiger charge is -2.29. The van der Waals surface area contributed by atoms with Crippen LogP contribution in [0.1, 0.15) is 25.1 Å². The maximum Gasteiger partial charge on any atom is 0.245 e. The van der Waals surface area contributed by atoms with Gasteiger partial charge in [-0.15, -0.1) is 0 Å². The highest BCUT2D eigenvalue weighted by Crippen LogP contribution is 2.27. The summed E-state index contributed by atoms with van der Waals surface area (Å²) in [6.07, 6.45) is 0.845. The van der Waals surface area contributed by atoms with Gasteiger partial charge in [-0.25, -0.2) is 0 Å². The van der Waals surface area contributed by atoms with Gasteiger partial charge in [0.2, 0.25) is 11.8 Å². The van der Waals surface area contributed by atoms with E-state index in [9.17, 15) is 9.59 Å². The summed E-state index contributed by atoms with van der Waals surface area (Å²) in [6, 6.07) is 7.73. The zero-order valence-corrected chi connectivity index (χ0v) is 12.3. The Morgan fingerprint density at radius 1 is 1.33 bits per heavy atom. The highest BCUT2D eigenvalue weighted by molar-refractivity contribution is 5.88. The van der Waals surface area contributed by atoms with Crippen molar-refractivity contribution < 1.29 is 9.59 Å². The minimum absolute atomic E-state index is 0.0329. The number of hydrogen-bond acceptors (Lipinski definition) is 2. The summed E-state index contributed by atoms with van der Waals surface area (Å²) in [5.74, 6) is -0.214. The van der Waals surface area contributed by atoms with Crippen LogP contribution in [0.5, 0.6) is 0 Å². The third-order valence-corrected chi connectivity index (χ3v) is 3.98. The van der Waals surface area contributed by atoms with Gasteiger partial charge in [-0.2, -0.15) is 0 Å². The Kier molecular flexibility index (Phi) is 3.41. The van der Waals surface area contributed by atoms with Gasteiger partial charge in [-0.1, -0.05) is 18.2 Å². The molecular formula is C16H19N3O2. The molecule has 2 amide bonds. The minimum atomic E-state index is -0.478. The van der Waals surface area contributed by atoms with E-state index in [2.05, 4.69) is 22.4 Å². The predicted octanol–water partition coefficient (Wildman–Crippen LogP) is 1.58. The number of para-hydroxylation sites is 1. The quantitative estimate of drug-likeness (QED) is 0.880. The number of fused-ring (bicyclic) bond motifs is 3. The van der Waals surface area contributed by atoms with E-state index in [1.165, 1.54) is 17.9 Å². The van der Waals surface area contributed by atoms with E-state index in [4.69, 9.17) is 0 Å². The van der Waals surface area contributed by atoms with Crippen molar-refractivity contribution in [3.8, 4) is 0 Å². The lowest BCUT2D eigenvalue weighted by atomic mass is 10.0. The van der Waals surface area contributed by atoms with Gasteiger partial charge < -0.3 is 15.2 Å². The largest absolute Gasteiger partial charge is 0.357 e. The summed E-state index contributed by atoms with van der Waals surface area (Å²) >= 11 is 0. The van der Waals surface area contributed by atoms with Crippen LogP contribution in [0, 0.1) is 0 Å². The second-order valence-corrected chi connectivity index (χ2v) is 5.56. The van der Waals surface area contributed by atoms with Crippen LogP contribution in [-0.2, 0) is 22.6 Å². The molecule has 0 fully saturated rings. The molecule has 1 aromatic carbocycles. The molecular weight excluding hydrogens is 266 g/mol. The minimum Gasteiger partial charge on any atom is -0.357 e. The van der Waals surface area contributed by atoms with Gasteiger partial charge in [-0.3, -0.25) is 9.59 Å². The average molecular weight is 285 g/mol. The number of hydrogen-bond donors (Lipinski definition) is 2. The first-order valence-corrected chi connectivity index (χ1v) is 7.20. The number of nitrogens with zero attached hydrogens (tertiary/aromatic N) is 1. The molecule has 110 valence electrons. The number of aromatic amines is 1. The number of carbonyl (C=O) groups excluding carboxylic acids is 2. The van der Waals surface area contributed by atoms with Crippen molar-refractivity contribution in [1.82, 2.24) is 15.2 Å². The molecule has 5 heteroatoms. The second-order valence-electron chi connectivity index (χ2n) is 5.56. The Bertz CT molecular complexity index is 705. The fourth-order valence-electron chi connectivity index (χ4n) is 3.02. The zero-order valence-electron chi connectivity index (χ0n) is 12.3. The average Bonchev–Trinajstić information content (AvgIpc) is 2.83. The zero-order chi connectivity index (χ0) is 15.0. The van der Waals surface area contributed by atoms with E-state index in [1.54, 1.807) is 11.8 Å². The first-order chi connectivity index (χ1) is 10.1. The molecule has 1 aliphatic rings. The third kappa shape index (κ3) is 2.51. The molecule has 0 bridgehead atoms. The van der Waals surface area contributed by atoms with Crippen LogP contribution in [0.15, 0.2) is 24.3 Å². The number of aromatic nitrogens is 1. The number of nitrogens with one attached hydrogen (secondary N) is 2. The molecule has 5 nitrogen and oxygen atoms in total. The van der Waals surface area contributed by atoms with Crippen LogP contribution in [0.25, 0.3) is 10.9 Å². The Balaban J connectivity index is 1.81. The summed E-state index contributed by atoms with van der Waals surface area (Å²) in [7, 11) is 0. The summed E-state index contributed by atoms with van der Waals surface area (Å²) in [5, 5.41) is 3.89. The van der Waals surface area contributed by atoms with Gasteiger partial charge >= 0.3 is 0 Å². The normalized spacial score (nSPS) is 15.6. The maximum atomic E-state index is 12.4. The van der Waals surface area contributed by atoms with Crippen molar-refractivity contribution in [2.75, 3.05) is 6.54 Å². The molecule has 0 spiro atoms. The molecule has 3 rings (SSSR count). The highest BCUT2D eigenvalue weighted by Gasteiger charge is 2.26. The predicted molar refractivity (Wildman–Crippen MR) is 80.7 cm³/mol. The molecule has 0 saturated heterocycles. The van der Waals surface area contributed by atoms with E-state index in [1.807, 2.05) is 12.1 Å².